The summed E-state index contributed by atoms with van der Waals surface area (Å²) in [4.78, 5) is 23.3. The fraction of sp³-hybridized carbons (Fsp3) is 0.545. The molecule has 2 fully saturated rings. The number of pyridine rings is 1. The molecule has 6 heteroatoms. The first-order valence-electron chi connectivity index (χ1n) is 10.6. The van der Waals surface area contributed by atoms with Crippen LogP contribution in [-0.4, -0.2) is 71.1 Å². The summed E-state index contributed by atoms with van der Waals surface area (Å²) < 4.78 is 0. The van der Waals surface area contributed by atoms with Crippen molar-refractivity contribution >= 4 is 22.4 Å². The Morgan fingerprint density at radius 3 is 2.93 bits per heavy atom. The minimum atomic E-state index is 0.127. The smallest absolute Gasteiger partial charge is 0.222 e. The number of piperidine rings is 1. The van der Waals surface area contributed by atoms with Crippen LogP contribution < -0.4 is 4.90 Å². The Morgan fingerprint density at radius 2 is 2.04 bits per heavy atom. The minimum absolute atomic E-state index is 0.127. The average Bonchev–Trinajstić information content (AvgIpc) is 3.19. The van der Waals surface area contributed by atoms with Crippen LogP contribution in [0.2, 0.25) is 0 Å². The van der Waals surface area contributed by atoms with Crippen LogP contribution in [0.3, 0.4) is 0 Å². The molecule has 1 atom stereocenters. The summed E-state index contributed by atoms with van der Waals surface area (Å²) in [5.74, 6) is 0.455. The summed E-state index contributed by atoms with van der Waals surface area (Å²) in [5, 5.41) is 12.2. The second-order valence-corrected chi connectivity index (χ2v) is 8.33. The van der Waals surface area contributed by atoms with Gasteiger partial charge in [-0.25, -0.2) is 4.98 Å². The molecule has 2 aromatic rings. The number of likely N-dealkylation sites (tertiary alicyclic amines) is 2. The number of aromatic nitrogens is 1. The lowest BCUT2D eigenvalue weighted by Gasteiger charge is -2.36. The highest BCUT2D eigenvalue weighted by atomic mass is 16.3. The van der Waals surface area contributed by atoms with Gasteiger partial charge in [0.2, 0.25) is 11.8 Å². The molecule has 0 bridgehead atoms. The van der Waals surface area contributed by atoms with Gasteiger partial charge in [-0.05, 0) is 43.4 Å². The molecular weight excluding hydrogens is 352 g/mol. The highest BCUT2D eigenvalue weighted by Gasteiger charge is 2.31. The van der Waals surface area contributed by atoms with Gasteiger partial charge in [-0.2, -0.15) is 0 Å². The van der Waals surface area contributed by atoms with Crippen LogP contribution in [0.1, 0.15) is 31.2 Å². The molecule has 1 amide bonds. The molecule has 2 saturated heterocycles. The van der Waals surface area contributed by atoms with E-state index >= 15 is 0 Å². The molecule has 0 aliphatic carbocycles. The van der Waals surface area contributed by atoms with Crippen LogP contribution in [0, 0.1) is 0 Å². The summed E-state index contributed by atoms with van der Waals surface area (Å²) in [5.41, 5.74) is 2.47. The maximum atomic E-state index is 12.0. The number of rotatable bonds is 4. The van der Waals surface area contributed by atoms with E-state index < -0.39 is 0 Å². The van der Waals surface area contributed by atoms with E-state index in [-0.39, 0.29) is 5.88 Å². The Hall–Kier alpha value is -2.34. The molecule has 28 heavy (non-hydrogen) atoms. The molecule has 0 radical (unpaired) electrons. The van der Waals surface area contributed by atoms with Crippen molar-refractivity contribution in [2.75, 3.05) is 44.2 Å². The Kier molecular flexibility index (Phi) is 4.59. The third-order valence-electron chi connectivity index (χ3n) is 6.67. The second-order valence-electron chi connectivity index (χ2n) is 8.33. The lowest BCUT2D eigenvalue weighted by atomic mass is 9.97. The number of nitrogens with zero attached hydrogens (tertiary/aromatic N) is 4. The maximum Gasteiger partial charge on any atom is 0.222 e. The van der Waals surface area contributed by atoms with E-state index in [0.717, 1.165) is 76.8 Å². The van der Waals surface area contributed by atoms with E-state index in [4.69, 9.17) is 0 Å². The largest absolute Gasteiger partial charge is 0.493 e. The van der Waals surface area contributed by atoms with Crippen molar-refractivity contribution in [3.05, 3.63) is 30.0 Å². The van der Waals surface area contributed by atoms with E-state index in [2.05, 4.69) is 20.9 Å². The van der Waals surface area contributed by atoms with Gasteiger partial charge in [0.15, 0.2) is 0 Å². The number of hydrogen-bond acceptors (Lipinski definition) is 5. The second kappa shape index (κ2) is 7.24. The van der Waals surface area contributed by atoms with Crippen molar-refractivity contribution in [3.63, 3.8) is 0 Å². The summed E-state index contributed by atoms with van der Waals surface area (Å²) in [6.45, 7) is 5.91. The van der Waals surface area contributed by atoms with Gasteiger partial charge >= 0.3 is 0 Å². The molecule has 3 aliphatic heterocycles. The number of benzene rings is 1. The van der Waals surface area contributed by atoms with Crippen molar-refractivity contribution in [1.29, 1.82) is 0 Å². The van der Waals surface area contributed by atoms with Crippen molar-refractivity contribution < 1.29 is 9.90 Å². The molecule has 0 saturated carbocycles. The van der Waals surface area contributed by atoms with Crippen molar-refractivity contribution in [1.82, 2.24) is 14.8 Å². The van der Waals surface area contributed by atoms with E-state index in [0.29, 0.717) is 11.9 Å². The first kappa shape index (κ1) is 17.7. The highest BCUT2D eigenvalue weighted by molar-refractivity contribution is 6.00. The molecule has 6 nitrogen and oxygen atoms in total. The number of aromatic hydroxyl groups is 1. The summed E-state index contributed by atoms with van der Waals surface area (Å²) in [6, 6.07) is 6.66. The van der Waals surface area contributed by atoms with Crippen LogP contribution >= 0.6 is 0 Å². The molecule has 4 heterocycles. The lowest BCUT2D eigenvalue weighted by Crippen LogP contribution is -2.43. The zero-order chi connectivity index (χ0) is 19.1. The fourth-order valence-electron chi connectivity index (χ4n) is 5.14. The van der Waals surface area contributed by atoms with Gasteiger partial charge in [-0.1, -0.05) is 6.07 Å². The minimum Gasteiger partial charge on any atom is -0.493 e. The third kappa shape index (κ3) is 3.09. The van der Waals surface area contributed by atoms with Gasteiger partial charge in [-0.3, -0.25) is 9.69 Å². The zero-order valence-electron chi connectivity index (χ0n) is 16.3. The monoisotopic (exact) mass is 380 g/mol. The summed E-state index contributed by atoms with van der Waals surface area (Å²) >= 11 is 0. The molecule has 0 spiro atoms. The third-order valence-corrected chi connectivity index (χ3v) is 6.67. The Bertz CT molecular complexity index is 899. The predicted molar refractivity (Wildman–Crippen MR) is 110 cm³/mol. The van der Waals surface area contributed by atoms with Crippen LogP contribution in [0.25, 0.3) is 10.8 Å². The Morgan fingerprint density at radius 1 is 1.11 bits per heavy atom. The molecule has 1 N–H and O–H groups in total. The van der Waals surface area contributed by atoms with Gasteiger partial charge in [0, 0.05) is 74.4 Å². The number of carbonyl (C=O) groups is 1. The first-order chi connectivity index (χ1) is 13.7. The number of amides is 1. The maximum absolute atomic E-state index is 12.0. The topological polar surface area (TPSA) is 59.9 Å². The first-order valence-corrected chi connectivity index (χ1v) is 10.6. The molecule has 1 aromatic heterocycles. The van der Waals surface area contributed by atoms with Crippen LogP contribution in [-0.2, 0) is 11.2 Å². The Labute approximate surface area is 165 Å². The molecule has 148 valence electrons. The molecule has 5 rings (SSSR count). The highest BCUT2D eigenvalue weighted by Crippen LogP contribution is 2.38. The van der Waals surface area contributed by atoms with Crippen molar-refractivity contribution in [2.45, 2.75) is 38.1 Å². The normalized spacial score (nSPS) is 23.0. The zero-order valence-corrected chi connectivity index (χ0v) is 16.3. The molecule has 1 aromatic carbocycles. The summed E-state index contributed by atoms with van der Waals surface area (Å²) in [6.07, 6.45) is 6.87. The van der Waals surface area contributed by atoms with Crippen LogP contribution in [0.15, 0.2) is 24.4 Å². The quantitative estimate of drug-likeness (QED) is 0.883. The van der Waals surface area contributed by atoms with Crippen molar-refractivity contribution in [3.8, 4) is 5.88 Å². The molecular formula is C22H28N4O2. The van der Waals surface area contributed by atoms with E-state index in [9.17, 15) is 9.90 Å². The predicted octanol–water partition coefficient (Wildman–Crippen LogP) is 2.39. The van der Waals surface area contributed by atoms with Gasteiger partial charge in [0.1, 0.15) is 0 Å². The SMILES string of the molecule is O=C1CCCCN1CCN1CCC(N2CCc3cnc(O)c4cccc2c34)C1. The lowest BCUT2D eigenvalue weighted by molar-refractivity contribution is -0.133. The van der Waals surface area contributed by atoms with Crippen molar-refractivity contribution in [2.24, 2.45) is 0 Å². The van der Waals surface area contributed by atoms with Crippen LogP contribution in [0.5, 0.6) is 5.88 Å². The van der Waals surface area contributed by atoms with Crippen LogP contribution in [0.4, 0.5) is 5.69 Å². The average molecular weight is 380 g/mol. The van der Waals surface area contributed by atoms with E-state index in [1.165, 1.54) is 16.6 Å². The van der Waals surface area contributed by atoms with Gasteiger partial charge in [0.25, 0.3) is 0 Å². The summed E-state index contributed by atoms with van der Waals surface area (Å²) in [7, 11) is 0. The number of carbonyl (C=O) groups excluding carboxylic acids is 1. The van der Waals surface area contributed by atoms with E-state index in [1.54, 1.807) is 0 Å². The van der Waals surface area contributed by atoms with Gasteiger partial charge < -0.3 is 14.9 Å². The number of anilines is 1. The van der Waals surface area contributed by atoms with Gasteiger partial charge in [0.05, 0.1) is 0 Å². The molecule has 3 aliphatic rings. The standard InChI is InChI=1S/C22H28N4O2/c27-20-6-1-2-9-25(20)13-12-24-10-8-17(15-24)26-11-7-16-14-23-22(28)18-4-3-5-19(26)21(16)18/h3-5,14,17H,1-2,6-13,15H2,(H,23,28). The Balaban J connectivity index is 1.29. The number of hydrogen-bond donors (Lipinski definition) is 1. The molecule has 1 unspecified atom stereocenters. The van der Waals surface area contributed by atoms with Gasteiger partial charge in [-0.15, -0.1) is 0 Å². The fourth-order valence-corrected chi connectivity index (χ4v) is 5.14. The van der Waals surface area contributed by atoms with E-state index in [1.807, 2.05) is 23.2 Å².